The summed E-state index contributed by atoms with van der Waals surface area (Å²) >= 11 is 0. The minimum absolute atomic E-state index is 0.249. The van der Waals surface area contributed by atoms with Gasteiger partial charge in [-0.3, -0.25) is 0 Å². The highest BCUT2D eigenvalue weighted by molar-refractivity contribution is 6.25. The molecule has 10 aromatic rings. The largest absolute Gasteiger partial charge is 0.503 e. The van der Waals surface area contributed by atoms with Crippen molar-refractivity contribution in [2.75, 3.05) is 0 Å². The number of benzene rings is 8. The third-order valence-electron chi connectivity index (χ3n) is 10.2. The summed E-state index contributed by atoms with van der Waals surface area (Å²) in [6.07, 6.45) is 0. The molecule has 0 radical (unpaired) electrons. The van der Waals surface area contributed by atoms with Crippen molar-refractivity contribution in [2.24, 2.45) is 0 Å². The molecule has 0 bridgehead atoms. The highest BCUT2D eigenvalue weighted by Crippen LogP contribution is 2.54. The predicted octanol–water partition coefficient (Wildman–Crippen LogP) is 10.4. The van der Waals surface area contributed by atoms with Gasteiger partial charge in [-0.2, -0.15) is 0 Å². The van der Waals surface area contributed by atoms with Crippen LogP contribution in [0.2, 0.25) is 0 Å². The Morgan fingerprint density at radius 3 is 1.69 bits per heavy atom. The monoisotopic (exact) mass is 664 g/mol. The van der Waals surface area contributed by atoms with Crippen LogP contribution in [0.15, 0.2) is 140 Å². The Balaban J connectivity index is 1.32. The average Bonchev–Trinajstić information content (AvgIpc) is 3.67. The van der Waals surface area contributed by atoms with E-state index in [0.29, 0.717) is 11.0 Å². The minimum atomic E-state index is -1.00. The molecule has 0 aliphatic carbocycles. The summed E-state index contributed by atoms with van der Waals surface area (Å²) in [5.74, 6) is -4.39. The number of para-hydroxylation sites is 1. The van der Waals surface area contributed by atoms with Gasteiger partial charge in [-0.15, -0.1) is 0 Å². The molecular formula is C44H28N2O5. The summed E-state index contributed by atoms with van der Waals surface area (Å²) < 4.78 is 3.83. The van der Waals surface area contributed by atoms with E-state index in [0.717, 1.165) is 60.2 Å². The number of aromatic hydroxyl groups is 5. The summed E-state index contributed by atoms with van der Waals surface area (Å²) in [6, 6.07) is 47.5. The van der Waals surface area contributed by atoms with Gasteiger partial charge >= 0.3 is 0 Å². The van der Waals surface area contributed by atoms with Crippen LogP contribution in [-0.4, -0.2) is 34.7 Å². The predicted molar refractivity (Wildman–Crippen MR) is 204 cm³/mol. The molecule has 0 amide bonds. The summed E-state index contributed by atoms with van der Waals surface area (Å²) in [6.45, 7) is 0. The van der Waals surface area contributed by atoms with Crippen LogP contribution in [0.4, 0.5) is 0 Å². The van der Waals surface area contributed by atoms with Crippen LogP contribution in [0.1, 0.15) is 0 Å². The lowest BCUT2D eigenvalue weighted by Gasteiger charge is -2.15. The van der Waals surface area contributed by atoms with Crippen LogP contribution in [0, 0.1) is 0 Å². The van der Waals surface area contributed by atoms with Crippen molar-refractivity contribution in [2.45, 2.75) is 0 Å². The normalized spacial score (nSPS) is 11.9. The maximum absolute atomic E-state index is 11.1. The highest BCUT2D eigenvalue weighted by atomic mass is 16.4. The second-order valence-corrected chi connectivity index (χ2v) is 12.9. The Hall–Kier alpha value is -7.12. The molecule has 5 N–H and O–H groups in total. The first-order chi connectivity index (χ1) is 24.9. The van der Waals surface area contributed by atoms with E-state index in [2.05, 4.69) is 95.6 Å². The molecule has 51 heavy (non-hydrogen) atoms. The standard InChI is InChI=1S/C44H28N2O5/c47-40-39(41(48)43(50)44(51)42(40)49)46-34-15-6-5-13-31(34)32-22-33-37(23-36(32)46)45(35-21-18-25-9-2-4-12-30(25)38(33)35)27-19-16-26(17-20-27)29-14-7-10-24-8-1-3-11-28(24)29/h1-23,47-51H. The van der Waals surface area contributed by atoms with Crippen molar-refractivity contribution in [1.29, 1.82) is 0 Å². The molecule has 0 saturated heterocycles. The Labute approximate surface area is 290 Å². The van der Waals surface area contributed by atoms with Crippen molar-refractivity contribution >= 4 is 65.2 Å². The van der Waals surface area contributed by atoms with E-state index in [9.17, 15) is 25.5 Å². The van der Waals surface area contributed by atoms with Crippen LogP contribution in [-0.2, 0) is 0 Å². The first-order valence-corrected chi connectivity index (χ1v) is 16.6. The number of phenols is 5. The van der Waals surface area contributed by atoms with Crippen molar-refractivity contribution in [3.05, 3.63) is 140 Å². The van der Waals surface area contributed by atoms with Crippen molar-refractivity contribution < 1.29 is 25.5 Å². The van der Waals surface area contributed by atoms with E-state index in [1.807, 2.05) is 48.5 Å². The molecule has 0 saturated carbocycles. The Morgan fingerprint density at radius 1 is 0.353 bits per heavy atom. The second kappa shape index (κ2) is 10.4. The first kappa shape index (κ1) is 28.9. The fourth-order valence-corrected chi connectivity index (χ4v) is 7.92. The molecule has 0 unspecified atom stereocenters. The Kier molecular flexibility index (Phi) is 5.91. The lowest BCUT2D eigenvalue weighted by molar-refractivity contribution is 0.327. The average molecular weight is 665 g/mol. The van der Waals surface area contributed by atoms with Gasteiger partial charge < -0.3 is 34.7 Å². The molecule has 0 fully saturated rings. The third-order valence-corrected chi connectivity index (χ3v) is 10.2. The molecule has 10 rings (SSSR count). The van der Waals surface area contributed by atoms with E-state index in [-0.39, 0.29) is 5.69 Å². The molecule has 0 aliphatic heterocycles. The van der Waals surface area contributed by atoms with Gasteiger partial charge in [-0.05, 0) is 69.1 Å². The van der Waals surface area contributed by atoms with Gasteiger partial charge in [0.2, 0.25) is 17.2 Å². The lowest BCUT2D eigenvalue weighted by Crippen LogP contribution is -1.97. The van der Waals surface area contributed by atoms with E-state index < -0.39 is 28.7 Å². The zero-order chi connectivity index (χ0) is 34.5. The molecule has 0 spiro atoms. The molecule has 8 aromatic carbocycles. The van der Waals surface area contributed by atoms with Gasteiger partial charge in [-0.25, -0.2) is 0 Å². The zero-order valence-corrected chi connectivity index (χ0v) is 26.9. The molecule has 2 aromatic heterocycles. The van der Waals surface area contributed by atoms with Crippen molar-refractivity contribution in [3.8, 4) is 51.2 Å². The van der Waals surface area contributed by atoms with Crippen LogP contribution in [0.25, 0.3) is 87.7 Å². The third kappa shape index (κ3) is 3.94. The van der Waals surface area contributed by atoms with Crippen LogP contribution >= 0.6 is 0 Å². The maximum atomic E-state index is 11.1. The number of rotatable bonds is 3. The molecular weight excluding hydrogens is 636 g/mol. The Bertz CT molecular complexity index is 3050. The fraction of sp³-hybridized carbons (Fsp3) is 0. The molecule has 7 heteroatoms. The van der Waals surface area contributed by atoms with Gasteiger partial charge in [0, 0.05) is 27.2 Å². The number of hydrogen-bond donors (Lipinski definition) is 5. The highest BCUT2D eigenvalue weighted by Gasteiger charge is 2.28. The molecule has 244 valence electrons. The molecule has 2 heterocycles. The summed E-state index contributed by atoms with van der Waals surface area (Å²) in [5.41, 5.74) is 6.07. The number of aromatic nitrogens is 2. The fourth-order valence-electron chi connectivity index (χ4n) is 7.92. The van der Waals surface area contributed by atoms with Crippen LogP contribution in [0.5, 0.6) is 28.7 Å². The van der Waals surface area contributed by atoms with Crippen molar-refractivity contribution in [3.63, 3.8) is 0 Å². The van der Waals surface area contributed by atoms with Crippen LogP contribution in [0.3, 0.4) is 0 Å². The minimum Gasteiger partial charge on any atom is -0.503 e. The van der Waals surface area contributed by atoms with E-state index in [1.165, 1.54) is 10.8 Å². The maximum Gasteiger partial charge on any atom is 0.208 e. The number of nitrogens with zero attached hydrogens (tertiary/aromatic N) is 2. The summed E-state index contributed by atoms with van der Waals surface area (Å²) in [5, 5.41) is 62.0. The van der Waals surface area contributed by atoms with Crippen molar-refractivity contribution in [1.82, 2.24) is 9.13 Å². The summed E-state index contributed by atoms with van der Waals surface area (Å²) in [7, 11) is 0. The van der Waals surface area contributed by atoms with E-state index in [1.54, 1.807) is 4.57 Å². The molecule has 0 atom stereocenters. The lowest BCUT2D eigenvalue weighted by atomic mass is 9.98. The van der Waals surface area contributed by atoms with Gasteiger partial charge in [0.15, 0.2) is 11.5 Å². The van der Waals surface area contributed by atoms with E-state index >= 15 is 0 Å². The quantitative estimate of drug-likeness (QED) is 0.0954. The van der Waals surface area contributed by atoms with Gasteiger partial charge in [0.25, 0.3) is 0 Å². The topological polar surface area (TPSA) is 111 Å². The second-order valence-electron chi connectivity index (χ2n) is 12.9. The SMILES string of the molecule is Oc1c(O)c(O)c(-n2c3ccccc3c3cc4c5c6ccccc6ccc5n(-c5ccc(-c6cccc7ccccc67)cc5)c4cc32)c(O)c1O. The smallest absolute Gasteiger partial charge is 0.208 e. The summed E-state index contributed by atoms with van der Waals surface area (Å²) in [4.78, 5) is 0. The molecule has 0 aliphatic rings. The molecule has 7 nitrogen and oxygen atoms in total. The van der Waals surface area contributed by atoms with E-state index in [4.69, 9.17) is 0 Å². The van der Waals surface area contributed by atoms with Crippen LogP contribution < -0.4 is 0 Å². The number of phenolic OH excluding ortho intramolecular Hbond substituents is 5. The van der Waals surface area contributed by atoms with Gasteiger partial charge in [0.1, 0.15) is 5.69 Å². The number of hydrogen-bond acceptors (Lipinski definition) is 5. The van der Waals surface area contributed by atoms with Gasteiger partial charge in [0.05, 0.1) is 22.1 Å². The Morgan fingerprint density at radius 2 is 0.941 bits per heavy atom. The van der Waals surface area contributed by atoms with Gasteiger partial charge in [-0.1, -0.05) is 103 Å². The number of fused-ring (bicyclic) bond motifs is 9. The zero-order valence-electron chi connectivity index (χ0n) is 26.9. The first-order valence-electron chi connectivity index (χ1n) is 16.6.